The summed E-state index contributed by atoms with van der Waals surface area (Å²) in [6, 6.07) is 9.85. The second-order valence-electron chi connectivity index (χ2n) is 6.03. The monoisotopic (exact) mass is 338 g/mol. The van der Waals surface area contributed by atoms with E-state index in [2.05, 4.69) is 4.90 Å². The highest BCUT2D eigenvalue weighted by molar-refractivity contribution is 5.52. The van der Waals surface area contributed by atoms with Crippen LogP contribution in [0.25, 0.3) is 0 Å². The van der Waals surface area contributed by atoms with Crippen LogP contribution < -0.4 is 9.47 Å². The van der Waals surface area contributed by atoms with E-state index < -0.39 is 0 Å². The van der Waals surface area contributed by atoms with Crippen LogP contribution in [0.15, 0.2) is 41.1 Å². The highest BCUT2D eigenvalue weighted by Crippen LogP contribution is 2.30. The molecular formula is C19H22N4O2. The summed E-state index contributed by atoms with van der Waals surface area (Å²) in [6.45, 7) is 1.96. The Hall–Kier alpha value is -2.96. The summed E-state index contributed by atoms with van der Waals surface area (Å²) in [5.41, 5.74) is 3.07. The third-order valence-electron chi connectivity index (χ3n) is 3.96. The molecular weight excluding hydrogens is 316 g/mol. The molecule has 0 bridgehead atoms. The number of benzene rings is 1. The number of hydrogen-bond donors (Lipinski definition) is 0. The molecule has 0 saturated carbocycles. The third-order valence-corrected chi connectivity index (χ3v) is 3.96. The minimum absolute atomic E-state index is 0.183. The summed E-state index contributed by atoms with van der Waals surface area (Å²) in [4.78, 5) is 4.13. The molecule has 0 aliphatic carbocycles. The Labute approximate surface area is 148 Å². The van der Waals surface area contributed by atoms with E-state index in [1.807, 2.05) is 55.5 Å². The minimum atomic E-state index is 0.183. The Morgan fingerprint density at radius 1 is 1.16 bits per heavy atom. The number of allylic oxidation sites excluding steroid dienone is 1. The SMILES string of the molecule is COc1ccc(CN2CC(=C(C#N)C#N)/C(=C\N(C)C)C2)cc1OC. The van der Waals surface area contributed by atoms with Gasteiger partial charge in [0.05, 0.1) is 14.2 Å². The normalized spacial score (nSPS) is 15.6. The zero-order chi connectivity index (χ0) is 18.4. The van der Waals surface area contributed by atoms with Crippen molar-refractivity contribution in [2.75, 3.05) is 41.4 Å². The van der Waals surface area contributed by atoms with Crippen LogP contribution in [0.5, 0.6) is 11.5 Å². The van der Waals surface area contributed by atoms with Crippen molar-refractivity contribution in [2.45, 2.75) is 6.54 Å². The molecule has 1 saturated heterocycles. The summed E-state index contributed by atoms with van der Waals surface area (Å²) in [6.07, 6.45) is 1.97. The summed E-state index contributed by atoms with van der Waals surface area (Å²) in [5.74, 6) is 1.38. The van der Waals surface area contributed by atoms with Crippen LogP contribution in [0.1, 0.15) is 5.56 Å². The molecule has 0 amide bonds. The van der Waals surface area contributed by atoms with Gasteiger partial charge in [-0.1, -0.05) is 6.07 Å². The third kappa shape index (κ3) is 4.32. The first-order valence-electron chi connectivity index (χ1n) is 7.86. The highest BCUT2D eigenvalue weighted by Gasteiger charge is 2.25. The lowest BCUT2D eigenvalue weighted by atomic mass is 10.1. The van der Waals surface area contributed by atoms with Gasteiger partial charge in [0.15, 0.2) is 11.5 Å². The predicted molar refractivity (Wildman–Crippen MR) is 94.8 cm³/mol. The van der Waals surface area contributed by atoms with Gasteiger partial charge < -0.3 is 14.4 Å². The predicted octanol–water partition coefficient (Wildman–Crippen LogP) is 2.31. The van der Waals surface area contributed by atoms with Gasteiger partial charge in [-0.3, -0.25) is 4.90 Å². The number of ether oxygens (including phenoxy) is 2. The molecule has 1 aromatic carbocycles. The van der Waals surface area contributed by atoms with Gasteiger partial charge >= 0.3 is 0 Å². The van der Waals surface area contributed by atoms with Crippen LogP contribution >= 0.6 is 0 Å². The van der Waals surface area contributed by atoms with E-state index in [0.29, 0.717) is 31.1 Å². The van der Waals surface area contributed by atoms with Crippen molar-refractivity contribution in [2.24, 2.45) is 0 Å². The van der Waals surface area contributed by atoms with Crippen LogP contribution in [0.4, 0.5) is 0 Å². The smallest absolute Gasteiger partial charge is 0.161 e. The quantitative estimate of drug-likeness (QED) is 0.767. The molecule has 1 heterocycles. The molecule has 2 rings (SSSR count). The Morgan fingerprint density at radius 3 is 2.40 bits per heavy atom. The minimum Gasteiger partial charge on any atom is -0.493 e. The summed E-state index contributed by atoms with van der Waals surface area (Å²) in [7, 11) is 7.08. The lowest BCUT2D eigenvalue weighted by molar-refractivity contribution is 0.339. The van der Waals surface area contributed by atoms with Crippen LogP contribution in [-0.2, 0) is 6.54 Å². The second kappa shape index (κ2) is 8.23. The van der Waals surface area contributed by atoms with Crippen molar-refractivity contribution >= 4 is 0 Å². The lowest BCUT2D eigenvalue weighted by Gasteiger charge is -2.16. The first-order chi connectivity index (χ1) is 12.0. The van der Waals surface area contributed by atoms with E-state index in [9.17, 15) is 10.5 Å². The Balaban J connectivity index is 2.27. The van der Waals surface area contributed by atoms with Gasteiger partial charge in [0.1, 0.15) is 17.7 Å². The number of nitriles is 2. The molecule has 0 N–H and O–H groups in total. The molecule has 25 heavy (non-hydrogen) atoms. The van der Waals surface area contributed by atoms with E-state index in [-0.39, 0.29) is 5.57 Å². The van der Waals surface area contributed by atoms with Crippen LogP contribution in [0.2, 0.25) is 0 Å². The topological polar surface area (TPSA) is 72.5 Å². The van der Waals surface area contributed by atoms with E-state index in [4.69, 9.17) is 9.47 Å². The highest BCUT2D eigenvalue weighted by atomic mass is 16.5. The van der Waals surface area contributed by atoms with Crippen molar-refractivity contribution in [3.05, 3.63) is 46.7 Å². The molecule has 1 aliphatic heterocycles. The van der Waals surface area contributed by atoms with E-state index in [1.165, 1.54) is 0 Å². The Bertz CT molecular complexity index is 766. The van der Waals surface area contributed by atoms with Gasteiger partial charge in [-0.25, -0.2) is 0 Å². The van der Waals surface area contributed by atoms with Gasteiger partial charge in [0.25, 0.3) is 0 Å². The van der Waals surface area contributed by atoms with E-state index in [1.54, 1.807) is 14.2 Å². The molecule has 0 atom stereocenters. The van der Waals surface area contributed by atoms with Crippen molar-refractivity contribution < 1.29 is 9.47 Å². The average Bonchev–Trinajstić information content (AvgIpc) is 2.97. The van der Waals surface area contributed by atoms with Crippen molar-refractivity contribution in [3.63, 3.8) is 0 Å². The standard InChI is InChI=1S/C19H22N4O2/c1-22(2)11-16-12-23(13-17(16)15(8-20)9-21)10-14-5-6-18(24-3)19(7-14)25-4/h5-7,11H,10,12-13H2,1-4H3/b16-11-. The molecule has 130 valence electrons. The first kappa shape index (κ1) is 18.4. The number of rotatable bonds is 5. The fourth-order valence-electron chi connectivity index (χ4n) is 2.90. The second-order valence-corrected chi connectivity index (χ2v) is 6.03. The van der Waals surface area contributed by atoms with Crippen molar-refractivity contribution in [3.8, 4) is 23.6 Å². The zero-order valence-electron chi connectivity index (χ0n) is 15.0. The van der Waals surface area contributed by atoms with E-state index >= 15 is 0 Å². The van der Waals surface area contributed by atoms with Crippen molar-refractivity contribution in [1.29, 1.82) is 10.5 Å². The number of hydrogen-bond acceptors (Lipinski definition) is 6. The first-order valence-corrected chi connectivity index (χ1v) is 7.86. The summed E-state index contributed by atoms with van der Waals surface area (Å²) >= 11 is 0. The molecule has 0 unspecified atom stereocenters. The van der Waals surface area contributed by atoms with Crippen molar-refractivity contribution in [1.82, 2.24) is 9.80 Å². The molecule has 0 spiro atoms. The molecule has 1 fully saturated rings. The van der Waals surface area contributed by atoms with Gasteiger partial charge in [-0.2, -0.15) is 10.5 Å². The number of likely N-dealkylation sites (tertiary alicyclic amines) is 1. The number of nitrogens with zero attached hydrogens (tertiary/aromatic N) is 4. The maximum Gasteiger partial charge on any atom is 0.161 e. The van der Waals surface area contributed by atoms with Gasteiger partial charge in [-0.05, 0) is 23.3 Å². The molecule has 0 aromatic heterocycles. The molecule has 0 radical (unpaired) electrons. The van der Waals surface area contributed by atoms with Crippen LogP contribution in [0, 0.1) is 22.7 Å². The maximum absolute atomic E-state index is 9.22. The van der Waals surface area contributed by atoms with Gasteiger partial charge in [0, 0.05) is 45.5 Å². The Morgan fingerprint density at radius 2 is 1.84 bits per heavy atom. The summed E-state index contributed by atoms with van der Waals surface area (Å²) in [5, 5.41) is 18.4. The average molecular weight is 338 g/mol. The van der Waals surface area contributed by atoms with Crippen LogP contribution in [0.3, 0.4) is 0 Å². The van der Waals surface area contributed by atoms with Gasteiger partial charge in [-0.15, -0.1) is 0 Å². The zero-order valence-corrected chi connectivity index (χ0v) is 15.0. The summed E-state index contributed by atoms with van der Waals surface area (Å²) < 4.78 is 10.6. The van der Waals surface area contributed by atoms with Crippen LogP contribution in [-0.4, -0.2) is 51.2 Å². The largest absolute Gasteiger partial charge is 0.493 e. The fourth-order valence-corrected chi connectivity index (χ4v) is 2.90. The molecule has 1 aromatic rings. The fraction of sp³-hybridized carbons (Fsp3) is 0.368. The van der Waals surface area contributed by atoms with E-state index in [0.717, 1.165) is 16.7 Å². The number of methoxy groups -OCH3 is 2. The van der Waals surface area contributed by atoms with Gasteiger partial charge in [0.2, 0.25) is 0 Å². The Kier molecular flexibility index (Phi) is 6.05. The molecule has 1 aliphatic rings. The molecule has 6 heteroatoms. The maximum atomic E-state index is 9.22. The molecule has 6 nitrogen and oxygen atoms in total. The lowest BCUT2D eigenvalue weighted by Crippen LogP contribution is -2.19.